The van der Waals surface area contributed by atoms with Gasteiger partial charge in [-0.2, -0.15) is 0 Å². The Morgan fingerprint density at radius 2 is 0.818 bits per heavy atom. The van der Waals surface area contributed by atoms with E-state index < -0.39 is 0 Å². The van der Waals surface area contributed by atoms with Crippen LogP contribution in [0.5, 0.6) is 0 Å². The quantitative estimate of drug-likeness (QED) is 0.161. The van der Waals surface area contributed by atoms with E-state index in [9.17, 15) is 0 Å². The number of fused-ring (bicyclic) bond motifs is 7. The van der Waals surface area contributed by atoms with Gasteiger partial charge in [0.05, 0.1) is 0 Å². The highest BCUT2D eigenvalue weighted by molar-refractivity contribution is 6.23. The van der Waals surface area contributed by atoms with E-state index in [0.717, 1.165) is 0 Å². The first-order chi connectivity index (χ1) is 27.0. The molecule has 258 valence electrons. The summed E-state index contributed by atoms with van der Waals surface area (Å²) < 4.78 is 0. The van der Waals surface area contributed by atoms with Crippen LogP contribution in [0, 0.1) is 0 Å². The topological polar surface area (TPSA) is 0 Å². The first-order valence-electron chi connectivity index (χ1n) is 19.3. The fraction of sp³-hybridized carbons (Fsp3) is 0.0545. The Bertz CT molecular complexity index is 3160. The molecule has 0 radical (unpaired) electrons. The van der Waals surface area contributed by atoms with Gasteiger partial charge in [-0.3, -0.25) is 0 Å². The zero-order valence-corrected chi connectivity index (χ0v) is 31.0. The Morgan fingerprint density at radius 3 is 1.60 bits per heavy atom. The normalized spacial score (nSPS) is 13.1. The molecule has 0 aromatic heterocycles. The van der Waals surface area contributed by atoms with Gasteiger partial charge in [0.15, 0.2) is 0 Å². The fourth-order valence-corrected chi connectivity index (χ4v) is 9.49. The van der Waals surface area contributed by atoms with Crippen molar-refractivity contribution in [1.82, 2.24) is 0 Å². The Morgan fingerprint density at radius 1 is 0.273 bits per heavy atom. The van der Waals surface area contributed by atoms with E-state index in [0.29, 0.717) is 0 Å². The molecule has 0 aliphatic heterocycles. The largest absolute Gasteiger partial charge is 0.0622 e. The van der Waals surface area contributed by atoms with Gasteiger partial charge >= 0.3 is 0 Å². The Hall–Kier alpha value is -6.76. The Balaban J connectivity index is 1.26. The molecule has 11 rings (SSSR count). The lowest BCUT2D eigenvalue weighted by molar-refractivity contribution is 0.660. The van der Waals surface area contributed by atoms with Crippen molar-refractivity contribution in [3.05, 3.63) is 205 Å². The van der Waals surface area contributed by atoms with E-state index in [-0.39, 0.29) is 5.41 Å². The van der Waals surface area contributed by atoms with Crippen molar-refractivity contribution < 1.29 is 0 Å². The smallest absolute Gasteiger partial charge is 0.0159 e. The highest BCUT2D eigenvalue weighted by Gasteiger charge is 2.35. The average Bonchev–Trinajstić information content (AvgIpc) is 3.47. The van der Waals surface area contributed by atoms with Crippen LogP contribution in [0.15, 0.2) is 194 Å². The van der Waals surface area contributed by atoms with Crippen molar-refractivity contribution in [3.63, 3.8) is 0 Å². The number of hydrogen-bond donors (Lipinski definition) is 0. The lowest BCUT2D eigenvalue weighted by Gasteiger charge is -2.24. The van der Waals surface area contributed by atoms with Crippen LogP contribution in [-0.4, -0.2) is 0 Å². The van der Waals surface area contributed by atoms with Crippen LogP contribution in [0.3, 0.4) is 0 Å². The van der Waals surface area contributed by atoms with Crippen LogP contribution in [0.1, 0.15) is 25.0 Å². The molecule has 55 heavy (non-hydrogen) atoms. The molecule has 1 aliphatic rings. The van der Waals surface area contributed by atoms with Crippen LogP contribution < -0.4 is 0 Å². The molecule has 1 aliphatic carbocycles. The maximum absolute atomic E-state index is 2.49. The van der Waals surface area contributed by atoms with Crippen LogP contribution in [-0.2, 0) is 5.41 Å². The third-order valence-corrected chi connectivity index (χ3v) is 12.2. The van der Waals surface area contributed by atoms with Gasteiger partial charge in [0.1, 0.15) is 0 Å². The van der Waals surface area contributed by atoms with Crippen molar-refractivity contribution in [2.45, 2.75) is 19.3 Å². The van der Waals surface area contributed by atoms with Gasteiger partial charge in [0.25, 0.3) is 0 Å². The monoisotopic (exact) mass is 698 g/mol. The van der Waals surface area contributed by atoms with Crippen molar-refractivity contribution in [2.75, 3.05) is 0 Å². The number of hydrogen-bond acceptors (Lipinski definition) is 0. The lowest BCUT2D eigenvalue weighted by Crippen LogP contribution is -2.14. The van der Waals surface area contributed by atoms with Crippen LogP contribution >= 0.6 is 0 Å². The van der Waals surface area contributed by atoms with E-state index >= 15 is 0 Å². The third-order valence-electron chi connectivity index (χ3n) is 12.2. The zero-order chi connectivity index (χ0) is 36.7. The minimum Gasteiger partial charge on any atom is -0.0622 e. The molecule has 0 heterocycles. The minimum absolute atomic E-state index is 0.0978. The summed E-state index contributed by atoms with van der Waals surface area (Å²) in [4.78, 5) is 0. The van der Waals surface area contributed by atoms with Gasteiger partial charge in [-0.05, 0) is 140 Å². The first-order valence-corrected chi connectivity index (χ1v) is 19.3. The third kappa shape index (κ3) is 4.92. The van der Waals surface area contributed by atoms with Crippen molar-refractivity contribution in [3.8, 4) is 55.6 Å². The summed E-state index contributed by atoms with van der Waals surface area (Å²) in [6.07, 6.45) is 0. The second kappa shape index (κ2) is 12.1. The Kier molecular flexibility index (Phi) is 7.00. The predicted molar refractivity (Wildman–Crippen MR) is 236 cm³/mol. The molecule has 10 aromatic carbocycles. The van der Waals surface area contributed by atoms with Crippen molar-refractivity contribution in [2.24, 2.45) is 0 Å². The summed E-state index contributed by atoms with van der Waals surface area (Å²) in [6.45, 7) is 4.76. The summed E-state index contributed by atoms with van der Waals surface area (Å²) in [7, 11) is 0. The fourth-order valence-electron chi connectivity index (χ4n) is 9.49. The van der Waals surface area contributed by atoms with E-state index in [1.54, 1.807) is 0 Å². The lowest BCUT2D eigenvalue weighted by atomic mass is 9.79. The van der Waals surface area contributed by atoms with Gasteiger partial charge in [0, 0.05) is 5.41 Å². The van der Waals surface area contributed by atoms with Gasteiger partial charge in [-0.1, -0.05) is 178 Å². The maximum Gasteiger partial charge on any atom is 0.0159 e. The van der Waals surface area contributed by atoms with Gasteiger partial charge < -0.3 is 0 Å². The molecule has 10 aromatic rings. The van der Waals surface area contributed by atoms with E-state index in [2.05, 4.69) is 208 Å². The molecule has 0 spiro atoms. The minimum atomic E-state index is -0.0978. The summed E-state index contributed by atoms with van der Waals surface area (Å²) in [5, 5.41) is 10.0. The van der Waals surface area contributed by atoms with Gasteiger partial charge in [0.2, 0.25) is 0 Å². The molecule has 0 bridgehead atoms. The van der Waals surface area contributed by atoms with Gasteiger partial charge in [-0.25, -0.2) is 0 Å². The van der Waals surface area contributed by atoms with E-state index in [1.165, 1.54) is 110 Å². The zero-order valence-electron chi connectivity index (χ0n) is 31.0. The molecule has 0 nitrogen and oxygen atoms in total. The van der Waals surface area contributed by atoms with Crippen LogP contribution in [0.4, 0.5) is 0 Å². The highest BCUT2D eigenvalue weighted by atomic mass is 14.4. The van der Waals surface area contributed by atoms with E-state index in [1.807, 2.05) is 0 Å². The Labute approximate surface area is 322 Å². The SMILES string of the molecule is CC1(C)c2ccccc2-c2ccc(-c3c4ccccc4c(-c4cc5ccccc5cc4-c4ccccc4)c4ccc(-c5ccc6ccccc6c5)cc34)cc21. The van der Waals surface area contributed by atoms with Crippen molar-refractivity contribution >= 4 is 43.1 Å². The van der Waals surface area contributed by atoms with Crippen molar-refractivity contribution in [1.29, 1.82) is 0 Å². The standard InChI is InChI=1S/C55H38/c1-55(2)51-23-13-12-20-43(51)44-28-27-42(34-52(44)55)53-45-21-10-11-22-46(45)54(50-32-39-19-9-8-18-38(39)31-48(50)36-15-4-3-5-16-36)47-29-26-41(33-49(47)53)40-25-24-35-14-6-7-17-37(35)30-40/h3-34H,1-2H3. The second-order valence-corrected chi connectivity index (χ2v) is 15.7. The summed E-state index contributed by atoms with van der Waals surface area (Å²) >= 11 is 0. The second-order valence-electron chi connectivity index (χ2n) is 15.7. The molecule has 0 saturated carbocycles. The predicted octanol–water partition coefficient (Wildman–Crippen LogP) is 15.3. The number of benzene rings is 10. The molecule has 0 fully saturated rings. The molecule has 0 amide bonds. The summed E-state index contributed by atoms with van der Waals surface area (Å²) in [5.74, 6) is 0. The molecular weight excluding hydrogens is 661 g/mol. The highest BCUT2D eigenvalue weighted by Crippen LogP contribution is 2.52. The molecule has 0 unspecified atom stereocenters. The first kappa shape index (κ1) is 31.7. The van der Waals surface area contributed by atoms with Crippen LogP contribution in [0.25, 0.3) is 98.7 Å². The molecule has 0 saturated heterocycles. The summed E-state index contributed by atoms with van der Waals surface area (Å²) in [6, 6.07) is 72.4. The summed E-state index contributed by atoms with van der Waals surface area (Å²) in [5.41, 5.74) is 15.4. The number of rotatable bonds is 4. The molecule has 0 heteroatoms. The maximum atomic E-state index is 2.49. The van der Waals surface area contributed by atoms with Gasteiger partial charge in [-0.15, -0.1) is 0 Å². The average molecular weight is 699 g/mol. The molecule has 0 atom stereocenters. The molecule has 0 N–H and O–H groups in total. The van der Waals surface area contributed by atoms with E-state index in [4.69, 9.17) is 0 Å². The van der Waals surface area contributed by atoms with Crippen LogP contribution in [0.2, 0.25) is 0 Å². The molecular formula is C55H38.